The largest absolute Gasteiger partial charge is 0.497 e. The lowest BCUT2D eigenvalue weighted by atomic mass is 9.94. The molecule has 1 aromatic heterocycles. The van der Waals surface area contributed by atoms with Gasteiger partial charge in [0.25, 0.3) is 0 Å². The Labute approximate surface area is 156 Å². The highest BCUT2D eigenvalue weighted by molar-refractivity contribution is 7.17. The second-order valence-electron chi connectivity index (χ2n) is 6.13. The van der Waals surface area contributed by atoms with Crippen LogP contribution in [0.4, 0.5) is 0 Å². The van der Waals surface area contributed by atoms with Gasteiger partial charge in [-0.05, 0) is 46.8 Å². The highest BCUT2D eigenvalue weighted by Gasteiger charge is 2.14. The molecule has 0 amide bonds. The molecule has 0 bridgehead atoms. The van der Waals surface area contributed by atoms with E-state index in [1.807, 2.05) is 42.5 Å². The van der Waals surface area contributed by atoms with E-state index in [0.29, 0.717) is 12.0 Å². The highest BCUT2D eigenvalue weighted by atomic mass is 32.1. The molecular weight excluding hydrogens is 340 g/mol. The van der Waals surface area contributed by atoms with Gasteiger partial charge in [-0.25, -0.2) is 0 Å². The number of hydrogen-bond donors (Lipinski definition) is 0. The Kier molecular flexibility index (Phi) is 4.55. The van der Waals surface area contributed by atoms with Gasteiger partial charge in [-0.15, -0.1) is 11.3 Å². The van der Waals surface area contributed by atoms with Gasteiger partial charge in [0.2, 0.25) is 0 Å². The predicted molar refractivity (Wildman–Crippen MR) is 108 cm³/mol. The fourth-order valence-electron chi connectivity index (χ4n) is 3.18. The number of Topliss-reactive ketones (excluding diaryl/α,β-unsaturated/α-hetero) is 1. The zero-order valence-corrected chi connectivity index (χ0v) is 15.3. The van der Waals surface area contributed by atoms with Gasteiger partial charge in [0, 0.05) is 27.6 Å². The summed E-state index contributed by atoms with van der Waals surface area (Å²) in [7, 11) is 1.62. The molecule has 3 aromatic carbocycles. The van der Waals surface area contributed by atoms with Gasteiger partial charge in [0.15, 0.2) is 5.78 Å². The molecule has 4 aromatic rings. The normalized spacial score (nSPS) is 10.8. The lowest BCUT2D eigenvalue weighted by molar-refractivity contribution is 0.0993. The Morgan fingerprint density at radius 1 is 0.885 bits per heavy atom. The first-order valence-electron chi connectivity index (χ1n) is 8.48. The van der Waals surface area contributed by atoms with Crippen LogP contribution in [0.15, 0.2) is 78.2 Å². The third kappa shape index (κ3) is 3.14. The van der Waals surface area contributed by atoms with Crippen LogP contribution in [0.3, 0.4) is 0 Å². The number of carbonyl (C=O) groups excluding carboxylic acids is 1. The van der Waals surface area contributed by atoms with E-state index in [1.54, 1.807) is 18.4 Å². The minimum Gasteiger partial charge on any atom is -0.497 e. The van der Waals surface area contributed by atoms with E-state index in [-0.39, 0.29) is 5.78 Å². The molecule has 4 rings (SSSR count). The minimum atomic E-state index is 0.111. The molecule has 0 saturated carbocycles. The fraction of sp³-hybridized carbons (Fsp3) is 0.0870. The zero-order valence-electron chi connectivity index (χ0n) is 14.4. The number of benzene rings is 3. The summed E-state index contributed by atoms with van der Waals surface area (Å²) in [6, 6.07) is 23.9. The number of rotatable bonds is 5. The topological polar surface area (TPSA) is 26.3 Å². The van der Waals surface area contributed by atoms with Crippen molar-refractivity contribution in [1.29, 1.82) is 0 Å². The van der Waals surface area contributed by atoms with Crippen LogP contribution >= 0.6 is 11.3 Å². The molecule has 0 aliphatic heterocycles. The van der Waals surface area contributed by atoms with Crippen molar-refractivity contribution < 1.29 is 9.53 Å². The lowest BCUT2D eigenvalue weighted by Gasteiger charge is -2.09. The third-order valence-electron chi connectivity index (χ3n) is 4.55. The average Bonchev–Trinajstić information content (AvgIpc) is 3.12. The van der Waals surface area contributed by atoms with E-state index in [9.17, 15) is 4.79 Å². The summed E-state index contributed by atoms with van der Waals surface area (Å²) in [5.41, 5.74) is 4.09. The number of ketones is 1. The van der Waals surface area contributed by atoms with Gasteiger partial charge >= 0.3 is 0 Å². The van der Waals surface area contributed by atoms with Crippen LogP contribution in [-0.4, -0.2) is 12.9 Å². The number of methoxy groups -OCH3 is 1. The fourth-order valence-corrected chi connectivity index (χ4v) is 4.14. The molecule has 0 radical (unpaired) electrons. The number of fused-ring (bicyclic) bond motifs is 1. The summed E-state index contributed by atoms with van der Waals surface area (Å²) in [6.45, 7) is 0. The van der Waals surface area contributed by atoms with E-state index in [0.717, 1.165) is 16.9 Å². The van der Waals surface area contributed by atoms with E-state index >= 15 is 0 Å². The van der Waals surface area contributed by atoms with Gasteiger partial charge in [-0.1, -0.05) is 42.5 Å². The standard InChI is InChI=1S/C23H18O2S/c1-25-18-12-10-16(11-13-18)22(24)14-17-6-2-3-7-19(17)21-15-26-23-9-5-4-8-20(21)23/h2-13,15H,14H2,1H3. The van der Waals surface area contributed by atoms with Gasteiger partial charge in [-0.2, -0.15) is 0 Å². The first kappa shape index (κ1) is 16.6. The minimum absolute atomic E-state index is 0.111. The molecule has 1 heterocycles. The molecule has 0 fully saturated rings. The van der Waals surface area contributed by atoms with Crippen LogP contribution in [0.2, 0.25) is 0 Å². The summed E-state index contributed by atoms with van der Waals surface area (Å²) < 4.78 is 6.43. The monoisotopic (exact) mass is 358 g/mol. The Morgan fingerprint density at radius 2 is 1.62 bits per heavy atom. The Hall–Kier alpha value is -2.91. The molecule has 2 nitrogen and oxygen atoms in total. The SMILES string of the molecule is COc1ccc(C(=O)Cc2ccccc2-c2csc3ccccc23)cc1. The maximum Gasteiger partial charge on any atom is 0.167 e. The second-order valence-corrected chi connectivity index (χ2v) is 7.04. The van der Waals surface area contributed by atoms with Crippen LogP contribution in [0.25, 0.3) is 21.2 Å². The maximum atomic E-state index is 12.8. The van der Waals surface area contributed by atoms with E-state index in [2.05, 4.69) is 35.7 Å². The predicted octanol–water partition coefficient (Wildman–Crippen LogP) is 6.00. The Morgan fingerprint density at radius 3 is 2.42 bits per heavy atom. The van der Waals surface area contributed by atoms with Crippen LogP contribution in [0.1, 0.15) is 15.9 Å². The Balaban J connectivity index is 1.68. The summed E-state index contributed by atoms with van der Waals surface area (Å²) in [5, 5.41) is 3.42. The molecule has 0 saturated heterocycles. The number of hydrogen-bond acceptors (Lipinski definition) is 3. The number of ether oxygens (including phenoxy) is 1. The molecule has 0 aliphatic carbocycles. The van der Waals surface area contributed by atoms with Crippen molar-refractivity contribution in [3.05, 3.63) is 89.3 Å². The first-order chi connectivity index (χ1) is 12.8. The van der Waals surface area contributed by atoms with Crippen molar-refractivity contribution in [1.82, 2.24) is 0 Å². The van der Waals surface area contributed by atoms with Crippen LogP contribution in [-0.2, 0) is 6.42 Å². The van der Waals surface area contributed by atoms with Crippen molar-refractivity contribution in [2.75, 3.05) is 7.11 Å². The van der Waals surface area contributed by atoms with Gasteiger partial charge in [-0.3, -0.25) is 4.79 Å². The molecule has 0 atom stereocenters. The zero-order chi connectivity index (χ0) is 17.9. The van der Waals surface area contributed by atoms with Gasteiger partial charge in [0.05, 0.1) is 7.11 Å². The molecule has 0 unspecified atom stereocenters. The van der Waals surface area contributed by atoms with E-state index < -0.39 is 0 Å². The number of thiophene rings is 1. The third-order valence-corrected chi connectivity index (χ3v) is 5.51. The quantitative estimate of drug-likeness (QED) is 0.409. The highest BCUT2D eigenvalue weighted by Crippen LogP contribution is 2.35. The Bertz CT molecular complexity index is 1060. The molecule has 0 N–H and O–H groups in total. The molecule has 0 aliphatic rings. The average molecular weight is 358 g/mol. The molecule has 26 heavy (non-hydrogen) atoms. The molecule has 3 heteroatoms. The molecule has 0 spiro atoms. The molecular formula is C23H18O2S. The van der Waals surface area contributed by atoms with E-state index in [4.69, 9.17) is 4.74 Å². The number of carbonyl (C=O) groups is 1. The van der Waals surface area contributed by atoms with Crippen LogP contribution in [0, 0.1) is 0 Å². The summed E-state index contributed by atoms with van der Waals surface area (Å²) in [5.74, 6) is 0.867. The summed E-state index contributed by atoms with van der Waals surface area (Å²) >= 11 is 1.74. The first-order valence-corrected chi connectivity index (χ1v) is 9.36. The van der Waals surface area contributed by atoms with Gasteiger partial charge in [0.1, 0.15) is 5.75 Å². The van der Waals surface area contributed by atoms with Gasteiger partial charge < -0.3 is 4.74 Å². The van der Waals surface area contributed by atoms with Crippen molar-refractivity contribution >= 4 is 27.2 Å². The van der Waals surface area contributed by atoms with Crippen molar-refractivity contribution in [2.45, 2.75) is 6.42 Å². The smallest absolute Gasteiger partial charge is 0.167 e. The molecule has 128 valence electrons. The second kappa shape index (κ2) is 7.14. The maximum absolute atomic E-state index is 12.8. The summed E-state index contributed by atoms with van der Waals surface area (Å²) in [4.78, 5) is 12.8. The summed E-state index contributed by atoms with van der Waals surface area (Å²) in [6.07, 6.45) is 0.382. The lowest BCUT2D eigenvalue weighted by Crippen LogP contribution is -2.04. The van der Waals surface area contributed by atoms with Crippen LogP contribution in [0.5, 0.6) is 5.75 Å². The van der Waals surface area contributed by atoms with Crippen LogP contribution < -0.4 is 4.74 Å². The van der Waals surface area contributed by atoms with E-state index in [1.165, 1.54) is 15.6 Å². The van der Waals surface area contributed by atoms with Crippen molar-refractivity contribution in [3.8, 4) is 16.9 Å². The van der Waals surface area contributed by atoms with Crippen molar-refractivity contribution in [3.63, 3.8) is 0 Å². The van der Waals surface area contributed by atoms with Crippen molar-refractivity contribution in [2.24, 2.45) is 0 Å².